The number of likely N-dealkylation sites (tertiary alicyclic amines) is 1. The maximum absolute atomic E-state index is 14.6. The molecule has 2 aromatic carbocycles. The number of benzene rings is 2. The number of carbonyl (C=O) groups excluding carboxylic acids is 1. The molecule has 4 rings (SSSR count). The highest BCUT2D eigenvalue weighted by molar-refractivity contribution is 7.90. The zero-order valence-corrected chi connectivity index (χ0v) is 24.7. The Hall–Kier alpha value is -1.86. The predicted octanol–water partition coefficient (Wildman–Crippen LogP) is 7.13. The van der Waals surface area contributed by atoms with Crippen molar-refractivity contribution < 1.29 is 13.2 Å². The fourth-order valence-corrected chi connectivity index (χ4v) is 6.95. The summed E-state index contributed by atoms with van der Waals surface area (Å²) in [5, 5.41) is 0.719. The molecule has 5 nitrogen and oxygen atoms in total. The van der Waals surface area contributed by atoms with Gasteiger partial charge in [-0.3, -0.25) is 4.79 Å². The minimum Gasteiger partial charge on any atom is -0.330 e. The Labute approximate surface area is 237 Å². The van der Waals surface area contributed by atoms with Gasteiger partial charge in [0, 0.05) is 28.5 Å². The molecule has 38 heavy (non-hydrogen) atoms. The van der Waals surface area contributed by atoms with Crippen LogP contribution in [0.25, 0.3) is 0 Å². The molecule has 4 atom stereocenters. The average molecular weight is 578 g/mol. The van der Waals surface area contributed by atoms with E-state index in [2.05, 4.69) is 24.3 Å². The molecule has 0 spiro atoms. The largest absolute Gasteiger partial charge is 0.330 e. The highest BCUT2D eigenvalue weighted by Gasteiger charge is 2.54. The molecule has 0 aromatic heterocycles. The number of hydrogen-bond acceptors (Lipinski definition) is 3. The van der Waals surface area contributed by atoms with Crippen LogP contribution in [0, 0.1) is 11.3 Å². The van der Waals surface area contributed by atoms with Crippen LogP contribution in [-0.4, -0.2) is 37.1 Å². The molecule has 0 bridgehead atoms. The van der Waals surface area contributed by atoms with Crippen molar-refractivity contribution in [2.45, 2.75) is 76.1 Å². The molecule has 1 N–H and O–H groups in total. The molecule has 1 saturated carbocycles. The molecule has 1 aliphatic heterocycles. The van der Waals surface area contributed by atoms with Crippen molar-refractivity contribution in [2.24, 2.45) is 11.3 Å². The first kappa shape index (κ1) is 29.1. The van der Waals surface area contributed by atoms with E-state index in [1.54, 1.807) is 13.8 Å². The molecular weight excluding hydrogens is 539 g/mol. The maximum atomic E-state index is 14.6. The van der Waals surface area contributed by atoms with E-state index in [1.807, 2.05) is 53.4 Å². The van der Waals surface area contributed by atoms with E-state index in [9.17, 15) is 13.2 Å². The molecule has 2 aromatic rings. The van der Waals surface area contributed by atoms with Crippen LogP contribution in [0.3, 0.4) is 0 Å². The molecule has 206 valence electrons. The van der Waals surface area contributed by atoms with E-state index in [0.717, 1.165) is 24.0 Å². The number of amides is 1. The third kappa shape index (κ3) is 5.99. The molecule has 0 radical (unpaired) electrons. The number of rotatable bonds is 11. The first-order valence-electron chi connectivity index (χ1n) is 13.5. The molecule has 1 saturated heterocycles. The topological polar surface area (TPSA) is 66.5 Å². The monoisotopic (exact) mass is 576 g/mol. The fourth-order valence-electron chi connectivity index (χ4n) is 5.89. The van der Waals surface area contributed by atoms with Gasteiger partial charge in [-0.2, -0.15) is 0 Å². The van der Waals surface area contributed by atoms with Crippen LogP contribution < -0.4 is 4.72 Å². The van der Waals surface area contributed by atoms with Gasteiger partial charge in [-0.1, -0.05) is 60.5 Å². The van der Waals surface area contributed by atoms with E-state index in [-0.39, 0.29) is 36.4 Å². The Morgan fingerprint density at radius 1 is 1.11 bits per heavy atom. The summed E-state index contributed by atoms with van der Waals surface area (Å²) in [6.45, 7) is 9.57. The van der Waals surface area contributed by atoms with Crippen molar-refractivity contribution in [3.63, 3.8) is 0 Å². The highest BCUT2D eigenvalue weighted by Crippen LogP contribution is 2.55. The SMILES string of the molecule is C=CC[C@@]1(CC)CC(c2cccc(Cl)c2)[C@@H](c2ccc(Cl)cc2)N([C@H](CNS(=O)(=O)C(C)C)C2CC2)C1=O. The molecular formula is C30H38Cl2N2O3S. The van der Waals surface area contributed by atoms with E-state index in [4.69, 9.17) is 23.2 Å². The minimum absolute atomic E-state index is 0.0459. The van der Waals surface area contributed by atoms with Crippen LogP contribution in [0.2, 0.25) is 10.0 Å². The van der Waals surface area contributed by atoms with Gasteiger partial charge < -0.3 is 4.90 Å². The Kier molecular flexibility index (Phi) is 8.98. The molecule has 2 aliphatic rings. The summed E-state index contributed by atoms with van der Waals surface area (Å²) in [5.74, 6) is 0.259. The summed E-state index contributed by atoms with van der Waals surface area (Å²) in [7, 11) is -3.50. The molecule has 1 amide bonds. The normalized spacial score (nSPS) is 25.0. The Balaban J connectivity index is 1.89. The quantitative estimate of drug-likeness (QED) is 0.289. The second kappa shape index (κ2) is 11.7. The van der Waals surface area contributed by atoms with Crippen molar-refractivity contribution in [1.29, 1.82) is 0 Å². The van der Waals surface area contributed by atoms with Crippen molar-refractivity contribution in [3.8, 4) is 0 Å². The van der Waals surface area contributed by atoms with Crippen LogP contribution >= 0.6 is 23.2 Å². The first-order valence-corrected chi connectivity index (χ1v) is 15.8. The zero-order valence-electron chi connectivity index (χ0n) is 22.4. The van der Waals surface area contributed by atoms with E-state index in [1.165, 1.54) is 0 Å². The third-order valence-corrected chi connectivity index (χ3v) is 10.6. The Morgan fingerprint density at radius 3 is 2.34 bits per heavy atom. The van der Waals surface area contributed by atoms with Crippen LogP contribution in [0.5, 0.6) is 0 Å². The standard InChI is InChI=1S/C30H38Cl2N2O3S/c1-5-16-30(6-2)18-26(23-8-7-9-25(32)17-23)28(22-12-14-24(31)15-13-22)34(29(30)35)27(21-10-11-21)19-33-38(36,37)20(3)4/h5,7-9,12-15,17,20-21,26-28,33H,1,6,10-11,16,18-19H2,2-4H3/t26?,27-,28-,30+/m1/s1. The van der Waals surface area contributed by atoms with Crippen LogP contribution in [0.15, 0.2) is 61.2 Å². The van der Waals surface area contributed by atoms with Gasteiger partial charge in [-0.05, 0) is 87.3 Å². The van der Waals surface area contributed by atoms with Crippen LogP contribution in [0.4, 0.5) is 0 Å². The lowest BCUT2D eigenvalue weighted by molar-refractivity contribution is -0.156. The van der Waals surface area contributed by atoms with Crippen LogP contribution in [0.1, 0.15) is 76.0 Å². The number of carbonyl (C=O) groups is 1. The molecule has 1 heterocycles. The number of sulfonamides is 1. The summed E-state index contributed by atoms with van der Waals surface area (Å²) in [6.07, 6.45) is 5.63. The Bertz CT molecular complexity index is 1260. The van der Waals surface area contributed by atoms with Gasteiger partial charge in [0.15, 0.2) is 0 Å². The van der Waals surface area contributed by atoms with Gasteiger partial charge in [0.1, 0.15) is 0 Å². The summed E-state index contributed by atoms with van der Waals surface area (Å²) in [5.41, 5.74) is 1.41. The van der Waals surface area contributed by atoms with E-state index in [0.29, 0.717) is 29.3 Å². The van der Waals surface area contributed by atoms with Gasteiger partial charge in [-0.25, -0.2) is 13.1 Å². The molecule has 1 unspecified atom stereocenters. The lowest BCUT2D eigenvalue weighted by Crippen LogP contribution is -2.59. The third-order valence-electron chi connectivity index (χ3n) is 8.32. The average Bonchev–Trinajstić information content (AvgIpc) is 3.72. The van der Waals surface area contributed by atoms with Gasteiger partial charge in [0.25, 0.3) is 0 Å². The number of piperidine rings is 1. The zero-order chi connectivity index (χ0) is 27.7. The summed E-state index contributed by atoms with van der Waals surface area (Å²) in [4.78, 5) is 16.7. The minimum atomic E-state index is -3.50. The second-order valence-corrected chi connectivity index (χ2v) is 14.2. The summed E-state index contributed by atoms with van der Waals surface area (Å²) in [6, 6.07) is 15.0. The van der Waals surface area contributed by atoms with Gasteiger partial charge in [0.2, 0.25) is 15.9 Å². The van der Waals surface area contributed by atoms with E-state index >= 15 is 0 Å². The van der Waals surface area contributed by atoms with Crippen molar-refractivity contribution in [2.75, 3.05) is 6.54 Å². The number of halogens is 2. The summed E-state index contributed by atoms with van der Waals surface area (Å²) >= 11 is 12.7. The van der Waals surface area contributed by atoms with Crippen molar-refractivity contribution in [1.82, 2.24) is 9.62 Å². The highest BCUT2D eigenvalue weighted by atomic mass is 35.5. The maximum Gasteiger partial charge on any atom is 0.229 e. The van der Waals surface area contributed by atoms with Crippen molar-refractivity contribution in [3.05, 3.63) is 82.4 Å². The molecule has 1 aliphatic carbocycles. The van der Waals surface area contributed by atoms with E-state index < -0.39 is 20.7 Å². The lowest BCUT2D eigenvalue weighted by atomic mass is 9.65. The number of hydrogen-bond donors (Lipinski definition) is 1. The van der Waals surface area contributed by atoms with Gasteiger partial charge in [0.05, 0.1) is 16.7 Å². The number of allylic oxidation sites excluding steroid dienone is 1. The smallest absolute Gasteiger partial charge is 0.229 e. The lowest BCUT2D eigenvalue weighted by Gasteiger charge is -2.53. The summed E-state index contributed by atoms with van der Waals surface area (Å²) < 4.78 is 28.4. The second-order valence-electron chi connectivity index (χ2n) is 11.0. The van der Waals surface area contributed by atoms with Crippen LogP contribution in [-0.2, 0) is 14.8 Å². The molecule has 8 heteroatoms. The fraction of sp³-hybridized carbons (Fsp3) is 0.500. The Morgan fingerprint density at radius 2 is 1.79 bits per heavy atom. The predicted molar refractivity (Wildman–Crippen MR) is 156 cm³/mol. The first-order chi connectivity index (χ1) is 18.0. The van der Waals surface area contributed by atoms with Gasteiger partial charge in [-0.15, -0.1) is 6.58 Å². The molecule has 2 fully saturated rings. The number of nitrogens with one attached hydrogen (secondary N) is 1. The number of nitrogens with zero attached hydrogens (tertiary/aromatic N) is 1. The van der Waals surface area contributed by atoms with Crippen molar-refractivity contribution >= 4 is 39.1 Å². The van der Waals surface area contributed by atoms with Gasteiger partial charge >= 0.3 is 0 Å².